The largest absolute Gasteiger partial charge is 0.417 e. The molecule has 0 fully saturated rings. The minimum atomic E-state index is -0.525. The highest BCUT2D eigenvalue weighted by molar-refractivity contribution is 6.33. The molecule has 8 nitrogen and oxygen atoms in total. The summed E-state index contributed by atoms with van der Waals surface area (Å²) in [6.07, 6.45) is 0.776. The molecule has 0 saturated carbocycles. The Morgan fingerprint density at radius 1 is 1.50 bits per heavy atom. The highest BCUT2D eigenvalue weighted by atomic mass is 35.5. The molecule has 22 heavy (non-hydrogen) atoms. The molecule has 0 saturated heterocycles. The first-order chi connectivity index (χ1) is 10.5. The number of nitro benzene ring substituents is 1. The molecule has 1 aromatic heterocycles. The number of nitrogens with zero attached hydrogens (tertiary/aromatic N) is 4. The number of benzene rings is 1. The molecule has 0 amide bonds. The monoisotopic (exact) mass is 324 g/mol. The lowest BCUT2D eigenvalue weighted by molar-refractivity contribution is -0.384. The second kappa shape index (κ2) is 6.99. The average Bonchev–Trinajstić information content (AvgIpc) is 2.95. The number of aromatic nitrogens is 2. The summed E-state index contributed by atoms with van der Waals surface area (Å²) in [5.74, 6) is 0.286. The molecular weight excluding hydrogens is 312 g/mol. The Morgan fingerprint density at radius 3 is 2.95 bits per heavy atom. The number of nitro groups is 1. The first-order valence-corrected chi connectivity index (χ1v) is 6.81. The van der Waals surface area contributed by atoms with E-state index in [-0.39, 0.29) is 29.1 Å². The second-order valence-electron chi connectivity index (χ2n) is 4.38. The highest BCUT2D eigenvalue weighted by Gasteiger charge is 2.16. The van der Waals surface area contributed by atoms with E-state index in [0.29, 0.717) is 5.56 Å². The van der Waals surface area contributed by atoms with Gasteiger partial charge in [0.05, 0.1) is 21.2 Å². The third-order valence-corrected chi connectivity index (χ3v) is 3.11. The molecule has 9 heteroatoms. The smallest absolute Gasteiger partial charge is 0.270 e. The number of rotatable bonds is 6. The first-order valence-electron chi connectivity index (χ1n) is 6.43. The van der Waals surface area contributed by atoms with E-state index in [2.05, 4.69) is 15.4 Å². The van der Waals surface area contributed by atoms with E-state index in [1.807, 2.05) is 13.8 Å². The lowest BCUT2D eigenvalue weighted by Gasteiger charge is -1.99. The molecule has 1 heterocycles. The minimum Gasteiger partial charge on any atom is -0.417 e. The van der Waals surface area contributed by atoms with Crippen molar-refractivity contribution in [3.8, 4) is 11.5 Å². The molecule has 2 aromatic rings. The van der Waals surface area contributed by atoms with E-state index in [4.69, 9.17) is 20.9 Å². The lowest BCUT2D eigenvalue weighted by atomic mass is 10.2. The van der Waals surface area contributed by atoms with Gasteiger partial charge in [0.2, 0.25) is 5.89 Å². The summed E-state index contributed by atoms with van der Waals surface area (Å²) in [6.45, 7) is 3.80. The van der Waals surface area contributed by atoms with Crippen LogP contribution in [0.2, 0.25) is 5.02 Å². The maximum atomic E-state index is 10.8. The fraction of sp³-hybridized carbons (Fsp3) is 0.308. The summed E-state index contributed by atoms with van der Waals surface area (Å²) in [6, 6.07) is 3.98. The van der Waals surface area contributed by atoms with Crippen molar-refractivity contribution in [3.05, 3.63) is 39.2 Å². The number of oxime groups is 1. The van der Waals surface area contributed by atoms with Gasteiger partial charge in [-0.1, -0.05) is 23.7 Å². The second-order valence-corrected chi connectivity index (χ2v) is 4.78. The fourth-order valence-corrected chi connectivity index (χ4v) is 1.67. The van der Waals surface area contributed by atoms with Crippen molar-refractivity contribution < 1.29 is 14.2 Å². The molecule has 0 atom stereocenters. The molecule has 0 aliphatic rings. The number of halogens is 1. The Morgan fingerprint density at radius 2 is 2.27 bits per heavy atom. The van der Waals surface area contributed by atoms with Crippen LogP contribution in [0, 0.1) is 10.1 Å². The van der Waals surface area contributed by atoms with Crippen molar-refractivity contribution in [1.29, 1.82) is 0 Å². The maximum absolute atomic E-state index is 10.8. The molecule has 1 aromatic carbocycles. The molecule has 0 aliphatic carbocycles. The molecular formula is C13H13ClN4O4. The summed E-state index contributed by atoms with van der Waals surface area (Å²) in [4.78, 5) is 15.3. The van der Waals surface area contributed by atoms with Crippen molar-refractivity contribution in [3.63, 3.8) is 0 Å². The van der Waals surface area contributed by atoms with Crippen molar-refractivity contribution >= 4 is 23.0 Å². The Bertz CT molecular complexity index is 714. The molecule has 0 N–H and O–H groups in total. The fourth-order valence-electron chi connectivity index (χ4n) is 1.47. The highest BCUT2D eigenvalue weighted by Crippen LogP contribution is 2.30. The van der Waals surface area contributed by atoms with Gasteiger partial charge in [-0.25, -0.2) is 0 Å². The van der Waals surface area contributed by atoms with Crippen LogP contribution in [0.3, 0.4) is 0 Å². The third-order valence-electron chi connectivity index (χ3n) is 2.78. The van der Waals surface area contributed by atoms with Crippen LogP contribution < -0.4 is 0 Å². The molecule has 2 rings (SSSR count). The average molecular weight is 325 g/mol. The van der Waals surface area contributed by atoms with Crippen LogP contribution in [0.1, 0.15) is 26.2 Å². The van der Waals surface area contributed by atoms with E-state index in [0.717, 1.165) is 12.1 Å². The van der Waals surface area contributed by atoms with Crippen molar-refractivity contribution in [2.24, 2.45) is 5.16 Å². The van der Waals surface area contributed by atoms with Gasteiger partial charge in [0.25, 0.3) is 11.6 Å². The van der Waals surface area contributed by atoms with E-state index >= 15 is 0 Å². The van der Waals surface area contributed by atoms with Crippen molar-refractivity contribution in [2.75, 3.05) is 0 Å². The SMILES string of the molecule is CCC(C)=NOCc1nnc(-c2cc([N+](=O)[O-])ccc2Cl)o1. The van der Waals surface area contributed by atoms with Crippen LogP contribution >= 0.6 is 11.6 Å². The molecule has 116 valence electrons. The Kier molecular flexibility index (Phi) is 5.05. The number of hydrogen-bond donors (Lipinski definition) is 0. The Labute approximate surface area is 130 Å². The lowest BCUT2D eigenvalue weighted by Crippen LogP contribution is -1.92. The van der Waals surface area contributed by atoms with E-state index in [1.54, 1.807) is 0 Å². The summed E-state index contributed by atoms with van der Waals surface area (Å²) in [7, 11) is 0. The van der Waals surface area contributed by atoms with Crippen LogP contribution in [0.15, 0.2) is 27.8 Å². The van der Waals surface area contributed by atoms with Crippen molar-refractivity contribution in [1.82, 2.24) is 10.2 Å². The predicted octanol–water partition coefficient (Wildman–Crippen LogP) is 3.60. The quantitative estimate of drug-likeness (QED) is 0.457. The standard InChI is InChI=1S/C13H13ClN4O4/c1-3-8(2)17-21-7-12-15-16-13(22-12)10-6-9(18(19)20)4-5-11(10)14/h4-6H,3,7H2,1-2H3. The molecule has 0 radical (unpaired) electrons. The zero-order valence-electron chi connectivity index (χ0n) is 11.9. The Hall–Kier alpha value is -2.48. The molecule has 0 spiro atoms. The van der Waals surface area contributed by atoms with Gasteiger partial charge in [-0.05, 0) is 19.4 Å². The molecule has 0 aliphatic heterocycles. The molecule has 0 bridgehead atoms. The van der Waals surface area contributed by atoms with Gasteiger partial charge < -0.3 is 9.25 Å². The van der Waals surface area contributed by atoms with Gasteiger partial charge in [0.1, 0.15) is 0 Å². The van der Waals surface area contributed by atoms with Gasteiger partial charge in [0, 0.05) is 12.1 Å². The van der Waals surface area contributed by atoms with Crippen LogP contribution in [-0.4, -0.2) is 20.8 Å². The van der Waals surface area contributed by atoms with Crippen molar-refractivity contribution in [2.45, 2.75) is 26.9 Å². The zero-order valence-corrected chi connectivity index (χ0v) is 12.7. The van der Waals surface area contributed by atoms with Crippen LogP contribution in [0.25, 0.3) is 11.5 Å². The van der Waals surface area contributed by atoms with Gasteiger partial charge in [-0.3, -0.25) is 10.1 Å². The number of hydrogen-bond acceptors (Lipinski definition) is 7. The van der Waals surface area contributed by atoms with Gasteiger partial charge >= 0.3 is 0 Å². The summed E-state index contributed by atoms with van der Waals surface area (Å²) < 4.78 is 5.38. The minimum absolute atomic E-state index is 0.0108. The normalized spacial score (nSPS) is 11.5. The van der Waals surface area contributed by atoms with E-state index < -0.39 is 4.92 Å². The molecule has 0 unspecified atom stereocenters. The van der Waals surface area contributed by atoms with E-state index in [9.17, 15) is 10.1 Å². The van der Waals surface area contributed by atoms with Gasteiger partial charge in [-0.2, -0.15) is 0 Å². The summed E-state index contributed by atoms with van der Waals surface area (Å²) in [5.41, 5.74) is 1.02. The maximum Gasteiger partial charge on any atom is 0.270 e. The predicted molar refractivity (Wildman–Crippen MR) is 79.6 cm³/mol. The summed E-state index contributed by atoms with van der Waals surface area (Å²) in [5, 5.41) is 22.5. The topological polar surface area (TPSA) is 104 Å². The Balaban J connectivity index is 2.17. The third kappa shape index (κ3) is 3.79. The first kappa shape index (κ1) is 15.9. The number of non-ortho nitro benzene ring substituents is 1. The van der Waals surface area contributed by atoms with Crippen LogP contribution in [-0.2, 0) is 11.4 Å². The summed E-state index contributed by atoms with van der Waals surface area (Å²) >= 11 is 6.01. The zero-order chi connectivity index (χ0) is 16.1. The van der Waals surface area contributed by atoms with Crippen LogP contribution in [0.4, 0.5) is 5.69 Å². The van der Waals surface area contributed by atoms with Crippen LogP contribution in [0.5, 0.6) is 0 Å². The van der Waals surface area contributed by atoms with E-state index in [1.165, 1.54) is 18.2 Å². The van der Waals surface area contributed by atoms with Gasteiger partial charge in [-0.15, -0.1) is 10.2 Å². The van der Waals surface area contributed by atoms with Gasteiger partial charge in [0.15, 0.2) is 6.61 Å².